The van der Waals surface area contributed by atoms with Crippen LogP contribution < -0.4 is 0 Å². The minimum absolute atomic E-state index is 0.0181. The largest absolute Gasteiger partial charge is 0.512 e. The highest BCUT2D eigenvalue weighted by Crippen LogP contribution is 2.21. The molecule has 1 aromatic rings. The van der Waals surface area contributed by atoms with Crippen molar-refractivity contribution in [3.8, 4) is 0 Å². The van der Waals surface area contributed by atoms with Gasteiger partial charge in [0.05, 0.1) is 5.57 Å². The second-order valence-corrected chi connectivity index (χ2v) is 5.28. The van der Waals surface area contributed by atoms with E-state index in [1.807, 2.05) is 6.92 Å². The third-order valence-corrected chi connectivity index (χ3v) is 3.76. The first-order valence-electron chi connectivity index (χ1n) is 6.02. The van der Waals surface area contributed by atoms with E-state index < -0.39 is 0 Å². The molecule has 0 aliphatic carbocycles. The van der Waals surface area contributed by atoms with Crippen LogP contribution in [0.3, 0.4) is 0 Å². The van der Waals surface area contributed by atoms with Gasteiger partial charge in [-0.3, -0.25) is 9.79 Å². The molecule has 0 saturated carbocycles. The topological polar surface area (TPSA) is 49.7 Å². The van der Waals surface area contributed by atoms with Crippen LogP contribution in [-0.4, -0.2) is 23.0 Å². The van der Waals surface area contributed by atoms with Crippen molar-refractivity contribution in [2.24, 2.45) is 4.99 Å². The molecule has 102 valence electrons. The van der Waals surface area contributed by atoms with Gasteiger partial charge in [0.15, 0.2) is 5.78 Å². The number of Topliss-reactive ketones (excluding diaryl/α,β-unsaturated/α-hetero) is 1. The lowest BCUT2D eigenvalue weighted by molar-refractivity contribution is -0.113. The summed E-state index contributed by atoms with van der Waals surface area (Å²) in [5.41, 5.74) is 2.68. The van der Waals surface area contributed by atoms with E-state index in [9.17, 15) is 9.90 Å². The fraction of sp³-hybridized carbons (Fsp3) is 0.333. The maximum Gasteiger partial charge on any atom is 0.165 e. The lowest BCUT2D eigenvalue weighted by Crippen LogP contribution is -2.10. The van der Waals surface area contributed by atoms with Gasteiger partial charge in [0.25, 0.3) is 0 Å². The molecule has 1 N–H and O–H groups in total. The Hall–Kier alpha value is -1.55. The van der Waals surface area contributed by atoms with Gasteiger partial charge in [-0.05, 0) is 26.3 Å². The monoisotopic (exact) mass is 277 g/mol. The molecule has 0 aliphatic heterocycles. The standard InChI is InChI=1S/C15H19NO2S/c1-10-5-7-13(8-6-10)9-19-15(16-4)14(11(2)17)12(3)18/h5-8,17H,9H2,1-4H3/b14-11-,16-15?. The second-order valence-electron chi connectivity index (χ2n) is 4.32. The van der Waals surface area contributed by atoms with Crippen molar-refractivity contribution >= 4 is 22.6 Å². The molecule has 0 aliphatic rings. The zero-order valence-electron chi connectivity index (χ0n) is 11.7. The minimum atomic E-state index is -0.169. The summed E-state index contributed by atoms with van der Waals surface area (Å²) in [6.45, 7) is 4.99. The first kappa shape index (κ1) is 15.5. The van der Waals surface area contributed by atoms with Crippen LogP contribution in [0.5, 0.6) is 0 Å². The van der Waals surface area contributed by atoms with E-state index in [4.69, 9.17) is 0 Å². The molecule has 1 rings (SSSR count). The molecular weight excluding hydrogens is 258 g/mol. The predicted molar refractivity (Wildman–Crippen MR) is 81.8 cm³/mol. The number of aliphatic hydroxyl groups is 1. The van der Waals surface area contributed by atoms with Gasteiger partial charge in [0.2, 0.25) is 0 Å². The molecule has 19 heavy (non-hydrogen) atoms. The highest BCUT2D eigenvalue weighted by Gasteiger charge is 2.15. The van der Waals surface area contributed by atoms with Crippen LogP contribution in [0.15, 0.2) is 40.6 Å². The molecule has 0 aromatic heterocycles. The van der Waals surface area contributed by atoms with Crippen LogP contribution in [-0.2, 0) is 10.5 Å². The number of nitrogens with zero attached hydrogens (tertiary/aromatic N) is 1. The maximum absolute atomic E-state index is 11.5. The Morgan fingerprint density at radius 3 is 2.26 bits per heavy atom. The quantitative estimate of drug-likeness (QED) is 0.395. The highest BCUT2D eigenvalue weighted by atomic mass is 32.2. The van der Waals surface area contributed by atoms with E-state index in [2.05, 4.69) is 29.3 Å². The van der Waals surface area contributed by atoms with Crippen LogP contribution in [0.25, 0.3) is 0 Å². The average Bonchev–Trinajstić information content (AvgIpc) is 2.35. The Bertz CT molecular complexity index is 511. The van der Waals surface area contributed by atoms with E-state index in [0.29, 0.717) is 10.6 Å². The molecule has 0 unspecified atom stereocenters. The summed E-state index contributed by atoms with van der Waals surface area (Å²) in [6, 6.07) is 8.21. The van der Waals surface area contributed by atoms with Crippen molar-refractivity contribution in [2.75, 3.05) is 7.05 Å². The van der Waals surface area contributed by atoms with Gasteiger partial charge in [-0.15, -0.1) is 11.8 Å². The smallest absolute Gasteiger partial charge is 0.165 e. The molecule has 0 saturated heterocycles. The van der Waals surface area contributed by atoms with Crippen LogP contribution >= 0.6 is 11.8 Å². The molecule has 0 spiro atoms. The summed E-state index contributed by atoms with van der Waals surface area (Å²) in [4.78, 5) is 15.6. The molecule has 0 heterocycles. The van der Waals surface area contributed by atoms with Crippen LogP contribution in [0, 0.1) is 6.92 Å². The summed E-state index contributed by atoms with van der Waals surface area (Å²) in [5.74, 6) is 0.568. The van der Waals surface area contributed by atoms with Crippen molar-refractivity contribution < 1.29 is 9.90 Å². The fourth-order valence-electron chi connectivity index (χ4n) is 1.64. The van der Waals surface area contributed by atoms with Gasteiger partial charge in [0.1, 0.15) is 10.8 Å². The first-order valence-corrected chi connectivity index (χ1v) is 7.00. The minimum Gasteiger partial charge on any atom is -0.512 e. The summed E-state index contributed by atoms with van der Waals surface area (Å²) in [7, 11) is 1.63. The Kier molecular flexibility index (Phi) is 5.83. The number of rotatable bonds is 4. The molecule has 3 nitrogen and oxygen atoms in total. The van der Waals surface area contributed by atoms with Crippen LogP contribution in [0.1, 0.15) is 25.0 Å². The van der Waals surface area contributed by atoms with Gasteiger partial charge >= 0.3 is 0 Å². The van der Waals surface area contributed by atoms with Crippen LogP contribution in [0.4, 0.5) is 0 Å². The number of ketones is 1. The van der Waals surface area contributed by atoms with Crippen molar-refractivity contribution in [2.45, 2.75) is 26.5 Å². The average molecular weight is 277 g/mol. The number of hydrogen-bond donors (Lipinski definition) is 1. The van der Waals surface area contributed by atoms with Crippen molar-refractivity contribution in [1.82, 2.24) is 0 Å². The molecule has 0 radical (unpaired) electrons. The van der Waals surface area contributed by atoms with Gasteiger partial charge in [-0.1, -0.05) is 29.8 Å². The lowest BCUT2D eigenvalue weighted by atomic mass is 10.2. The van der Waals surface area contributed by atoms with Gasteiger partial charge in [-0.2, -0.15) is 0 Å². The molecule has 0 atom stereocenters. The molecule has 4 heteroatoms. The Balaban J connectivity index is 2.82. The van der Waals surface area contributed by atoms with E-state index in [1.54, 1.807) is 7.05 Å². The third-order valence-electron chi connectivity index (χ3n) is 2.63. The lowest BCUT2D eigenvalue weighted by Gasteiger charge is -2.09. The summed E-state index contributed by atoms with van der Waals surface area (Å²) >= 11 is 1.46. The van der Waals surface area contributed by atoms with Gasteiger partial charge < -0.3 is 5.11 Å². The zero-order chi connectivity index (χ0) is 14.4. The van der Waals surface area contributed by atoms with E-state index in [1.165, 1.54) is 31.2 Å². The number of allylic oxidation sites excluding steroid dienone is 1. The second kappa shape index (κ2) is 7.14. The Morgan fingerprint density at radius 1 is 1.26 bits per heavy atom. The number of thioether (sulfide) groups is 1. The normalized spacial score (nSPS) is 13.2. The van der Waals surface area contributed by atoms with Crippen LogP contribution in [0.2, 0.25) is 0 Å². The number of aliphatic hydroxyl groups excluding tert-OH is 1. The Labute approximate surface area is 118 Å². The maximum atomic E-state index is 11.5. The van der Waals surface area contributed by atoms with Crippen molar-refractivity contribution in [3.63, 3.8) is 0 Å². The SMILES string of the molecule is CN=C(SCc1ccc(C)cc1)/C(C(C)=O)=C(/C)O. The van der Waals surface area contributed by atoms with Gasteiger partial charge in [0, 0.05) is 12.8 Å². The molecule has 0 fully saturated rings. The summed E-state index contributed by atoms with van der Waals surface area (Å²) in [5, 5.41) is 10.2. The molecular formula is C15H19NO2S. The summed E-state index contributed by atoms with van der Waals surface area (Å²) in [6.07, 6.45) is 0. The number of aliphatic imine (C=N–C) groups is 1. The van der Waals surface area contributed by atoms with E-state index in [0.717, 1.165) is 11.3 Å². The molecule has 0 amide bonds. The third kappa shape index (κ3) is 4.56. The van der Waals surface area contributed by atoms with E-state index >= 15 is 0 Å². The van der Waals surface area contributed by atoms with Gasteiger partial charge in [-0.25, -0.2) is 0 Å². The summed E-state index contributed by atoms with van der Waals surface area (Å²) < 4.78 is 0. The number of carbonyl (C=O) groups excluding carboxylic acids is 1. The molecule has 1 aromatic carbocycles. The highest BCUT2D eigenvalue weighted by molar-refractivity contribution is 8.13. The number of hydrogen-bond acceptors (Lipinski definition) is 4. The zero-order valence-corrected chi connectivity index (χ0v) is 12.5. The number of aryl methyl sites for hydroxylation is 1. The van der Waals surface area contributed by atoms with E-state index in [-0.39, 0.29) is 11.5 Å². The van der Waals surface area contributed by atoms with Crippen molar-refractivity contribution in [1.29, 1.82) is 0 Å². The number of carbonyl (C=O) groups is 1. The fourth-order valence-corrected chi connectivity index (χ4v) is 2.71. The Morgan fingerprint density at radius 2 is 1.84 bits per heavy atom. The molecule has 0 bridgehead atoms. The predicted octanol–water partition coefficient (Wildman–Crippen LogP) is 3.68. The number of benzene rings is 1. The first-order chi connectivity index (χ1) is 8.95. The van der Waals surface area contributed by atoms with Crippen molar-refractivity contribution in [3.05, 3.63) is 46.7 Å².